The molecule has 35 heavy (non-hydrogen) atoms. The second-order valence-electron chi connectivity index (χ2n) is 7.42. The van der Waals surface area contributed by atoms with E-state index < -0.39 is 16.9 Å². The number of nitro groups is 1. The third kappa shape index (κ3) is 4.77. The quantitative estimate of drug-likeness (QED) is 0.158. The zero-order valence-electron chi connectivity index (χ0n) is 17.9. The van der Waals surface area contributed by atoms with Crippen molar-refractivity contribution in [1.29, 1.82) is 0 Å². The smallest absolute Gasteiger partial charge is 0.269 e. The highest BCUT2D eigenvalue weighted by atomic mass is 79.9. The number of hydrogen-bond acceptors (Lipinski definition) is 8. The van der Waals surface area contributed by atoms with Gasteiger partial charge in [-0.3, -0.25) is 14.9 Å². The Morgan fingerprint density at radius 3 is 2.37 bits per heavy atom. The number of rotatable bonds is 6. The molecule has 11 heteroatoms. The van der Waals surface area contributed by atoms with Crippen LogP contribution in [0.2, 0.25) is 0 Å². The van der Waals surface area contributed by atoms with E-state index in [2.05, 4.69) is 36.2 Å². The summed E-state index contributed by atoms with van der Waals surface area (Å²) in [5, 5.41) is 27.6. The van der Waals surface area contributed by atoms with Gasteiger partial charge in [-0.25, -0.2) is 4.98 Å². The number of carbonyl (C=O) groups excluding carboxylic acids is 1. The number of thiazole rings is 1. The molecule has 1 aromatic heterocycles. The number of hydrogen-bond donors (Lipinski definition) is 0. The lowest BCUT2D eigenvalue weighted by molar-refractivity contribution is -0.384. The predicted octanol–water partition coefficient (Wildman–Crippen LogP) is 6.38. The molecule has 3 aromatic carbocycles. The van der Waals surface area contributed by atoms with Crippen molar-refractivity contribution in [3.8, 4) is 11.3 Å². The summed E-state index contributed by atoms with van der Waals surface area (Å²) in [6.07, 6.45) is 0. The van der Waals surface area contributed by atoms with Gasteiger partial charge in [-0.2, -0.15) is 20.3 Å². The third-order valence-electron chi connectivity index (χ3n) is 5.14. The maximum absolute atomic E-state index is 13.4. The van der Waals surface area contributed by atoms with Crippen LogP contribution in [0.1, 0.15) is 5.56 Å². The van der Waals surface area contributed by atoms with Crippen molar-refractivity contribution in [2.24, 2.45) is 15.3 Å². The van der Waals surface area contributed by atoms with Gasteiger partial charge in [-0.05, 0) is 36.4 Å². The minimum atomic E-state index is -1.02. The molecule has 0 fully saturated rings. The van der Waals surface area contributed by atoms with Gasteiger partial charge in [-0.1, -0.05) is 46.3 Å². The average molecular weight is 547 g/mol. The van der Waals surface area contributed by atoms with Crippen LogP contribution in [0, 0.1) is 10.1 Å². The molecule has 0 bridgehead atoms. The van der Waals surface area contributed by atoms with E-state index >= 15 is 0 Å². The molecule has 172 valence electrons. The summed E-state index contributed by atoms with van der Waals surface area (Å²) in [4.78, 5) is 28.6. The van der Waals surface area contributed by atoms with Gasteiger partial charge < -0.3 is 0 Å². The van der Waals surface area contributed by atoms with Crippen molar-refractivity contribution in [1.82, 2.24) is 4.98 Å². The van der Waals surface area contributed by atoms with Crippen molar-refractivity contribution in [3.63, 3.8) is 0 Å². The van der Waals surface area contributed by atoms with E-state index in [1.165, 1.54) is 28.5 Å². The predicted molar refractivity (Wildman–Crippen MR) is 137 cm³/mol. The Morgan fingerprint density at radius 1 is 0.971 bits per heavy atom. The summed E-state index contributed by atoms with van der Waals surface area (Å²) in [6.45, 7) is 0. The molecule has 0 saturated heterocycles. The number of nitro benzene ring substituents is 1. The van der Waals surface area contributed by atoms with E-state index in [1.807, 2.05) is 47.8 Å². The van der Waals surface area contributed by atoms with E-state index in [1.54, 1.807) is 24.3 Å². The highest BCUT2D eigenvalue weighted by Crippen LogP contribution is 2.32. The molecule has 0 saturated carbocycles. The fraction of sp³-hybridized carbons (Fsp3) is 0.0417. The van der Waals surface area contributed by atoms with Gasteiger partial charge in [0.2, 0.25) is 5.13 Å². The number of non-ortho nitro benzene ring substituents is 1. The Morgan fingerprint density at radius 2 is 1.69 bits per heavy atom. The first-order valence-corrected chi connectivity index (χ1v) is 12.0. The highest BCUT2D eigenvalue weighted by molar-refractivity contribution is 9.10. The summed E-state index contributed by atoms with van der Waals surface area (Å²) in [5.41, 5.74) is 3.03. The lowest BCUT2D eigenvalue weighted by Crippen LogP contribution is -2.30. The Hall–Kier alpha value is -4.09. The van der Waals surface area contributed by atoms with Gasteiger partial charge in [-0.15, -0.1) is 11.3 Å². The van der Waals surface area contributed by atoms with Crippen molar-refractivity contribution in [2.45, 2.75) is 6.04 Å². The monoisotopic (exact) mass is 546 g/mol. The maximum atomic E-state index is 13.4. The van der Waals surface area contributed by atoms with E-state index in [9.17, 15) is 14.9 Å². The largest absolute Gasteiger partial charge is 0.282 e. The number of benzene rings is 3. The van der Waals surface area contributed by atoms with Gasteiger partial charge in [0, 0.05) is 33.1 Å². The summed E-state index contributed by atoms with van der Waals surface area (Å²) in [6, 6.07) is 21.6. The number of hydrazone groups is 1. The van der Waals surface area contributed by atoms with Gasteiger partial charge in [0.1, 0.15) is 5.71 Å². The molecule has 2 heterocycles. The zero-order chi connectivity index (χ0) is 24.4. The average Bonchev–Trinajstić information content (AvgIpc) is 3.49. The van der Waals surface area contributed by atoms with Crippen LogP contribution < -0.4 is 5.01 Å². The summed E-state index contributed by atoms with van der Waals surface area (Å²) >= 11 is 4.66. The van der Waals surface area contributed by atoms with Crippen LogP contribution in [0.4, 0.5) is 16.5 Å². The van der Waals surface area contributed by atoms with E-state index in [-0.39, 0.29) is 5.69 Å². The van der Waals surface area contributed by atoms with Crippen molar-refractivity contribution < 1.29 is 9.72 Å². The van der Waals surface area contributed by atoms with Crippen molar-refractivity contribution >= 4 is 55.4 Å². The minimum Gasteiger partial charge on any atom is -0.269 e. The Balaban J connectivity index is 1.51. The maximum Gasteiger partial charge on any atom is 0.282 e. The van der Waals surface area contributed by atoms with E-state index in [0.717, 1.165) is 15.7 Å². The summed E-state index contributed by atoms with van der Waals surface area (Å²) in [5.74, 6) is -0.409. The molecule has 0 aliphatic carbocycles. The summed E-state index contributed by atoms with van der Waals surface area (Å²) < 4.78 is 0.894. The number of anilines is 1. The SMILES string of the molecule is O=C1[C@H](N=Nc2ccc(Br)cc2)C(c2ccc([N+](=O)[O-])cc2)=NN1c1nc(-c2ccccc2)cs1. The third-order valence-corrected chi connectivity index (χ3v) is 6.49. The number of aromatic nitrogens is 1. The fourth-order valence-corrected chi connectivity index (χ4v) is 4.44. The highest BCUT2D eigenvalue weighted by Gasteiger charge is 2.39. The van der Waals surface area contributed by atoms with Crippen LogP contribution in [0.25, 0.3) is 11.3 Å². The number of azo groups is 1. The molecular weight excluding hydrogens is 532 g/mol. The molecule has 1 aliphatic heterocycles. The zero-order valence-corrected chi connectivity index (χ0v) is 20.3. The standard InChI is InChI=1S/C24H15BrN6O3S/c25-17-8-10-18(11-9-17)27-28-22-21(16-6-12-19(13-7-16)31(33)34)29-30(23(22)32)24-26-20(14-35-24)15-4-2-1-3-5-15/h1-14,22H/t22-/m1/s1. The topological polar surface area (TPSA) is 113 Å². The molecule has 9 nitrogen and oxygen atoms in total. The first kappa shape index (κ1) is 22.7. The van der Waals surface area contributed by atoms with E-state index in [0.29, 0.717) is 22.1 Å². The van der Waals surface area contributed by atoms with Crippen LogP contribution in [-0.2, 0) is 4.79 Å². The lowest BCUT2D eigenvalue weighted by Gasteiger charge is -2.08. The molecular formula is C24H15BrN6O3S. The van der Waals surface area contributed by atoms with Gasteiger partial charge in [0.15, 0.2) is 6.04 Å². The van der Waals surface area contributed by atoms with Crippen LogP contribution in [0.3, 0.4) is 0 Å². The van der Waals surface area contributed by atoms with E-state index in [4.69, 9.17) is 0 Å². The Labute approximate surface area is 211 Å². The number of carbonyl (C=O) groups is 1. The Bertz CT molecular complexity index is 1450. The molecule has 1 atom stereocenters. The summed E-state index contributed by atoms with van der Waals surface area (Å²) in [7, 11) is 0. The molecule has 5 rings (SSSR count). The molecule has 0 unspecified atom stereocenters. The van der Waals surface area contributed by atoms with Crippen LogP contribution in [0.15, 0.2) is 104 Å². The molecule has 1 amide bonds. The first-order chi connectivity index (χ1) is 17.0. The van der Waals surface area contributed by atoms with Gasteiger partial charge in [0.05, 0.1) is 16.3 Å². The first-order valence-electron chi connectivity index (χ1n) is 10.3. The van der Waals surface area contributed by atoms with Crippen LogP contribution >= 0.6 is 27.3 Å². The minimum absolute atomic E-state index is 0.0593. The number of nitrogens with zero attached hydrogens (tertiary/aromatic N) is 6. The lowest BCUT2D eigenvalue weighted by atomic mass is 10.0. The number of halogens is 1. The van der Waals surface area contributed by atoms with Gasteiger partial charge in [0.25, 0.3) is 11.6 Å². The van der Waals surface area contributed by atoms with Crippen molar-refractivity contribution in [2.75, 3.05) is 5.01 Å². The molecule has 0 spiro atoms. The molecule has 0 radical (unpaired) electrons. The van der Waals surface area contributed by atoms with Gasteiger partial charge >= 0.3 is 0 Å². The molecule has 0 N–H and O–H groups in total. The molecule has 1 aliphatic rings. The second-order valence-corrected chi connectivity index (χ2v) is 9.17. The molecule has 4 aromatic rings. The second kappa shape index (κ2) is 9.65. The van der Waals surface area contributed by atoms with Crippen LogP contribution in [0.5, 0.6) is 0 Å². The fourth-order valence-electron chi connectivity index (χ4n) is 3.39. The van der Waals surface area contributed by atoms with Crippen LogP contribution in [-0.4, -0.2) is 27.6 Å². The number of amides is 1. The normalized spacial score (nSPS) is 15.6. The van der Waals surface area contributed by atoms with Crippen molar-refractivity contribution in [3.05, 3.63) is 104 Å². The Kier molecular flexibility index (Phi) is 6.25.